The van der Waals surface area contributed by atoms with Gasteiger partial charge < -0.3 is 20.8 Å². The molecule has 1 heterocycles. The number of β-amino-alcohol motifs (C(OH)–C–C–N with tert-alkyl or cyclic N) is 1. The van der Waals surface area contributed by atoms with Gasteiger partial charge in [0.15, 0.2) is 0 Å². The Bertz CT molecular complexity index is 514. The summed E-state index contributed by atoms with van der Waals surface area (Å²) in [5.41, 5.74) is 7.59. The van der Waals surface area contributed by atoms with Crippen LogP contribution >= 0.6 is 0 Å². The molecule has 1 aromatic rings. The molecule has 6 heteroatoms. The lowest BCUT2D eigenvalue weighted by Crippen LogP contribution is -2.45. The summed E-state index contributed by atoms with van der Waals surface area (Å²) in [5.74, 6) is -1.59. The van der Waals surface area contributed by atoms with E-state index in [1.807, 2.05) is 19.1 Å². The first-order valence-corrected chi connectivity index (χ1v) is 6.43. The fourth-order valence-electron chi connectivity index (χ4n) is 2.39. The highest BCUT2D eigenvalue weighted by molar-refractivity contribution is 5.88. The highest BCUT2D eigenvalue weighted by Gasteiger charge is 2.40. The number of nitrogens with two attached hydrogens (primary N) is 1. The largest absolute Gasteiger partial charge is 0.480 e. The molecule has 1 aliphatic heterocycles. The SMILES string of the molecule is Cc1ccc(C(N)C(=O)N2CC(O)C[C@H]2C(=O)O)cc1. The number of carbonyl (C=O) groups is 2. The van der Waals surface area contributed by atoms with Crippen molar-refractivity contribution in [3.8, 4) is 0 Å². The monoisotopic (exact) mass is 278 g/mol. The first-order chi connectivity index (χ1) is 9.40. The number of aryl methyl sites for hydroxylation is 1. The quantitative estimate of drug-likeness (QED) is 0.724. The Kier molecular flexibility index (Phi) is 4.06. The van der Waals surface area contributed by atoms with Crippen LogP contribution in [0.5, 0.6) is 0 Å². The van der Waals surface area contributed by atoms with Crippen LogP contribution in [0.4, 0.5) is 0 Å². The van der Waals surface area contributed by atoms with Gasteiger partial charge in [-0.15, -0.1) is 0 Å². The van der Waals surface area contributed by atoms with Crippen molar-refractivity contribution in [2.24, 2.45) is 5.73 Å². The minimum atomic E-state index is -1.12. The minimum Gasteiger partial charge on any atom is -0.480 e. The number of likely N-dealkylation sites (tertiary alicyclic amines) is 1. The van der Waals surface area contributed by atoms with E-state index in [0.717, 1.165) is 10.5 Å². The average molecular weight is 278 g/mol. The van der Waals surface area contributed by atoms with Gasteiger partial charge in [0.05, 0.1) is 6.10 Å². The summed E-state index contributed by atoms with van der Waals surface area (Å²) >= 11 is 0. The zero-order chi connectivity index (χ0) is 14.9. The Morgan fingerprint density at radius 3 is 2.50 bits per heavy atom. The highest BCUT2D eigenvalue weighted by Crippen LogP contribution is 2.23. The number of carbonyl (C=O) groups excluding carboxylic acids is 1. The van der Waals surface area contributed by atoms with Crippen LogP contribution in [-0.2, 0) is 9.59 Å². The molecule has 6 nitrogen and oxygen atoms in total. The molecule has 4 N–H and O–H groups in total. The number of amides is 1. The summed E-state index contributed by atoms with van der Waals surface area (Å²) in [6.07, 6.45) is -0.771. The van der Waals surface area contributed by atoms with Gasteiger partial charge in [-0.05, 0) is 12.5 Å². The van der Waals surface area contributed by atoms with Crippen molar-refractivity contribution in [3.05, 3.63) is 35.4 Å². The molecule has 2 unspecified atom stereocenters. The van der Waals surface area contributed by atoms with Crippen LogP contribution in [0.15, 0.2) is 24.3 Å². The van der Waals surface area contributed by atoms with Gasteiger partial charge >= 0.3 is 5.97 Å². The second-order valence-electron chi connectivity index (χ2n) is 5.12. The number of carboxylic acid groups (broad SMARTS) is 1. The minimum absolute atomic E-state index is 0.00929. The summed E-state index contributed by atoms with van der Waals surface area (Å²) in [4.78, 5) is 24.6. The van der Waals surface area contributed by atoms with Gasteiger partial charge in [-0.2, -0.15) is 0 Å². The lowest BCUT2D eigenvalue weighted by atomic mass is 10.0. The Morgan fingerprint density at radius 2 is 1.95 bits per heavy atom. The first kappa shape index (κ1) is 14.5. The molecule has 20 heavy (non-hydrogen) atoms. The fraction of sp³-hybridized carbons (Fsp3) is 0.429. The lowest BCUT2D eigenvalue weighted by molar-refractivity contribution is -0.148. The normalized spacial score (nSPS) is 23.6. The summed E-state index contributed by atoms with van der Waals surface area (Å²) in [6.45, 7) is 1.93. The average Bonchev–Trinajstić information content (AvgIpc) is 2.80. The molecule has 0 saturated carbocycles. The molecule has 1 amide bonds. The van der Waals surface area contributed by atoms with Crippen molar-refractivity contribution in [3.63, 3.8) is 0 Å². The molecule has 1 aromatic carbocycles. The van der Waals surface area contributed by atoms with E-state index in [1.165, 1.54) is 0 Å². The third kappa shape index (κ3) is 2.81. The zero-order valence-corrected chi connectivity index (χ0v) is 11.2. The standard InChI is InChI=1S/C14H18N2O4/c1-8-2-4-9(5-3-8)12(15)13(18)16-7-10(17)6-11(16)14(19)20/h2-5,10-12,17H,6-7,15H2,1H3,(H,19,20)/t10?,11-,12?/m0/s1. The maximum atomic E-state index is 12.3. The number of aliphatic hydroxyl groups excluding tert-OH is 1. The van der Waals surface area contributed by atoms with Gasteiger partial charge in [0.1, 0.15) is 12.1 Å². The molecule has 1 saturated heterocycles. The Balaban J connectivity index is 2.17. The second kappa shape index (κ2) is 5.60. The Morgan fingerprint density at radius 1 is 1.35 bits per heavy atom. The van der Waals surface area contributed by atoms with E-state index in [2.05, 4.69) is 0 Å². The molecule has 2 rings (SSSR count). The number of nitrogens with zero attached hydrogens (tertiary/aromatic N) is 1. The molecule has 0 spiro atoms. The van der Waals surface area contributed by atoms with Crippen molar-refractivity contribution in [2.75, 3.05) is 6.54 Å². The molecule has 1 fully saturated rings. The molecule has 0 aliphatic carbocycles. The van der Waals surface area contributed by atoms with Crippen molar-refractivity contribution >= 4 is 11.9 Å². The predicted octanol–water partition coefficient (Wildman–Crippen LogP) is 0.0412. The van der Waals surface area contributed by atoms with E-state index in [4.69, 9.17) is 10.8 Å². The number of aliphatic carboxylic acids is 1. The van der Waals surface area contributed by atoms with Crippen molar-refractivity contribution in [1.29, 1.82) is 0 Å². The zero-order valence-electron chi connectivity index (χ0n) is 11.2. The number of aliphatic hydroxyl groups is 1. The van der Waals surface area contributed by atoms with E-state index in [9.17, 15) is 14.7 Å². The van der Waals surface area contributed by atoms with Crippen LogP contribution < -0.4 is 5.73 Å². The molecule has 0 bridgehead atoms. The van der Waals surface area contributed by atoms with E-state index >= 15 is 0 Å². The van der Waals surface area contributed by atoms with Gasteiger partial charge in [-0.25, -0.2) is 4.79 Å². The van der Waals surface area contributed by atoms with E-state index in [-0.39, 0.29) is 13.0 Å². The fourth-order valence-corrected chi connectivity index (χ4v) is 2.39. The number of benzene rings is 1. The number of rotatable bonds is 3. The van der Waals surface area contributed by atoms with Crippen LogP contribution in [0.25, 0.3) is 0 Å². The van der Waals surface area contributed by atoms with Crippen molar-refractivity contribution in [2.45, 2.75) is 31.5 Å². The van der Waals surface area contributed by atoms with Crippen LogP contribution in [0.3, 0.4) is 0 Å². The van der Waals surface area contributed by atoms with Crippen molar-refractivity contribution in [1.82, 2.24) is 4.90 Å². The van der Waals surface area contributed by atoms with Gasteiger partial charge in [-0.1, -0.05) is 29.8 Å². The third-order valence-electron chi connectivity index (χ3n) is 3.55. The van der Waals surface area contributed by atoms with Gasteiger partial charge in [0.2, 0.25) is 5.91 Å². The molecule has 108 valence electrons. The number of hydrogen-bond donors (Lipinski definition) is 3. The van der Waals surface area contributed by atoms with Gasteiger partial charge in [0, 0.05) is 13.0 Å². The highest BCUT2D eigenvalue weighted by atomic mass is 16.4. The molecule has 0 aromatic heterocycles. The van der Waals surface area contributed by atoms with Crippen LogP contribution in [-0.4, -0.2) is 45.7 Å². The molecule has 3 atom stereocenters. The van der Waals surface area contributed by atoms with Crippen molar-refractivity contribution < 1.29 is 19.8 Å². The maximum absolute atomic E-state index is 12.3. The second-order valence-corrected chi connectivity index (χ2v) is 5.12. The number of carboxylic acids is 1. The topological polar surface area (TPSA) is 104 Å². The van der Waals surface area contributed by atoms with Crippen LogP contribution in [0.2, 0.25) is 0 Å². The van der Waals surface area contributed by atoms with Gasteiger partial charge in [0.25, 0.3) is 0 Å². The Labute approximate surface area is 116 Å². The first-order valence-electron chi connectivity index (χ1n) is 6.43. The summed E-state index contributed by atoms with van der Waals surface area (Å²) in [5, 5.41) is 18.7. The molecular weight excluding hydrogens is 260 g/mol. The van der Waals surface area contributed by atoms with E-state index in [1.54, 1.807) is 12.1 Å². The predicted molar refractivity (Wildman–Crippen MR) is 71.9 cm³/mol. The lowest BCUT2D eigenvalue weighted by Gasteiger charge is -2.24. The van der Waals surface area contributed by atoms with Gasteiger partial charge in [-0.3, -0.25) is 4.79 Å². The smallest absolute Gasteiger partial charge is 0.326 e. The summed E-state index contributed by atoms with van der Waals surface area (Å²) in [6, 6.07) is 5.27. The van der Waals surface area contributed by atoms with E-state index in [0.29, 0.717) is 5.56 Å². The third-order valence-corrected chi connectivity index (χ3v) is 3.55. The molecular formula is C14H18N2O4. The molecule has 1 aliphatic rings. The molecule has 0 radical (unpaired) electrons. The van der Waals surface area contributed by atoms with Crippen LogP contribution in [0, 0.1) is 6.92 Å². The Hall–Kier alpha value is -1.92. The summed E-state index contributed by atoms with van der Waals surface area (Å²) < 4.78 is 0. The summed E-state index contributed by atoms with van der Waals surface area (Å²) in [7, 11) is 0. The number of hydrogen-bond acceptors (Lipinski definition) is 4. The van der Waals surface area contributed by atoms with Crippen LogP contribution in [0.1, 0.15) is 23.6 Å². The van der Waals surface area contributed by atoms with E-state index < -0.39 is 30.1 Å². The maximum Gasteiger partial charge on any atom is 0.326 e.